The van der Waals surface area contributed by atoms with E-state index in [-0.39, 0.29) is 0 Å². The van der Waals surface area contributed by atoms with E-state index in [1.54, 1.807) is 6.26 Å². The van der Waals surface area contributed by atoms with Gasteiger partial charge in [-0.25, -0.2) is 4.68 Å². The summed E-state index contributed by atoms with van der Waals surface area (Å²) in [6.45, 7) is 0. The number of furan rings is 1. The molecule has 0 amide bonds. The average Bonchev–Trinajstić information content (AvgIpc) is 3.49. The van der Waals surface area contributed by atoms with Crippen LogP contribution in [0.25, 0.3) is 11.6 Å². The van der Waals surface area contributed by atoms with E-state index >= 15 is 0 Å². The highest BCUT2D eigenvalue weighted by Gasteiger charge is 2.42. The molecule has 5 rings (SSSR count). The first kappa shape index (κ1) is 17.1. The molecule has 29 heavy (non-hydrogen) atoms. The molecule has 0 aliphatic heterocycles. The summed E-state index contributed by atoms with van der Waals surface area (Å²) in [5, 5.41) is 12.8. The lowest BCUT2D eigenvalue weighted by molar-refractivity contribution is 0.444. The summed E-state index contributed by atoms with van der Waals surface area (Å²) in [6, 6.07) is 34.6. The van der Waals surface area contributed by atoms with Crippen molar-refractivity contribution in [2.75, 3.05) is 0 Å². The Morgan fingerprint density at radius 3 is 1.59 bits per heavy atom. The molecule has 0 radical (unpaired) electrons. The normalized spacial score (nSPS) is 11.4. The SMILES string of the molecule is c1ccc(C(c2ccccc2)(c2ccccc2)n2nnnc2-c2ccco2)cc1. The summed E-state index contributed by atoms with van der Waals surface area (Å²) in [4.78, 5) is 0. The molecule has 0 bridgehead atoms. The fraction of sp³-hybridized carbons (Fsp3) is 0.0417. The summed E-state index contributed by atoms with van der Waals surface area (Å²) in [7, 11) is 0. The van der Waals surface area contributed by atoms with Crippen molar-refractivity contribution in [1.82, 2.24) is 20.2 Å². The van der Waals surface area contributed by atoms with Gasteiger partial charge in [-0.2, -0.15) is 0 Å². The van der Waals surface area contributed by atoms with E-state index in [0.29, 0.717) is 11.6 Å². The maximum Gasteiger partial charge on any atom is 0.219 e. The number of aromatic nitrogens is 4. The summed E-state index contributed by atoms with van der Waals surface area (Å²) in [6.07, 6.45) is 1.63. The van der Waals surface area contributed by atoms with Crippen molar-refractivity contribution in [2.24, 2.45) is 0 Å². The zero-order chi connectivity index (χ0) is 19.5. The van der Waals surface area contributed by atoms with Crippen LogP contribution in [0.5, 0.6) is 0 Å². The highest BCUT2D eigenvalue weighted by atomic mass is 16.3. The van der Waals surface area contributed by atoms with Crippen LogP contribution in [0.4, 0.5) is 0 Å². The second kappa shape index (κ2) is 7.20. The molecule has 0 aliphatic carbocycles. The minimum absolute atomic E-state index is 0.562. The minimum atomic E-state index is -0.768. The van der Waals surface area contributed by atoms with Gasteiger partial charge in [0.25, 0.3) is 0 Å². The van der Waals surface area contributed by atoms with Crippen molar-refractivity contribution in [3.63, 3.8) is 0 Å². The van der Waals surface area contributed by atoms with Gasteiger partial charge in [-0.3, -0.25) is 0 Å². The number of nitrogens with zero attached hydrogens (tertiary/aromatic N) is 4. The first-order valence-corrected chi connectivity index (χ1v) is 9.40. The predicted octanol–water partition coefficient (Wildman–Crippen LogP) is 4.77. The van der Waals surface area contributed by atoms with Crippen molar-refractivity contribution in [1.29, 1.82) is 0 Å². The van der Waals surface area contributed by atoms with Gasteiger partial charge in [0.1, 0.15) is 5.54 Å². The Kier molecular flexibility index (Phi) is 4.26. The van der Waals surface area contributed by atoms with E-state index in [9.17, 15) is 0 Å². The van der Waals surface area contributed by atoms with E-state index in [1.165, 1.54) is 0 Å². The van der Waals surface area contributed by atoms with Gasteiger partial charge >= 0.3 is 0 Å². The Hall–Kier alpha value is -3.99. The van der Waals surface area contributed by atoms with Crippen LogP contribution in [0.2, 0.25) is 0 Å². The molecule has 5 heteroatoms. The van der Waals surface area contributed by atoms with E-state index in [0.717, 1.165) is 16.7 Å². The molecular formula is C24H18N4O. The summed E-state index contributed by atoms with van der Waals surface area (Å²) in [5.74, 6) is 1.17. The van der Waals surface area contributed by atoms with Crippen LogP contribution >= 0.6 is 0 Å². The topological polar surface area (TPSA) is 56.7 Å². The molecule has 0 fully saturated rings. The average molecular weight is 378 g/mol. The van der Waals surface area contributed by atoms with Crippen LogP contribution in [-0.4, -0.2) is 20.2 Å². The monoisotopic (exact) mass is 378 g/mol. The zero-order valence-electron chi connectivity index (χ0n) is 15.6. The van der Waals surface area contributed by atoms with Crippen molar-refractivity contribution in [3.8, 4) is 11.6 Å². The quantitative estimate of drug-likeness (QED) is 0.413. The zero-order valence-corrected chi connectivity index (χ0v) is 15.6. The lowest BCUT2D eigenvalue weighted by Crippen LogP contribution is -2.39. The maximum absolute atomic E-state index is 5.66. The molecule has 0 spiro atoms. The van der Waals surface area contributed by atoms with Crippen LogP contribution in [0.1, 0.15) is 16.7 Å². The Morgan fingerprint density at radius 1 is 0.621 bits per heavy atom. The van der Waals surface area contributed by atoms with Crippen molar-refractivity contribution >= 4 is 0 Å². The lowest BCUT2D eigenvalue weighted by atomic mass is 9.77. The number of benzene rings is 3. The van der Waals surface area contributed by atoms with Gasteiger partial charge in [-0.1, -0.05) is 91.0 Å². The highest BCUT2D eigenvalue weighted by Crippen LogP contribution is 2.41. The molecule has 140 valence electrons. The molecule has 5 nitrogen and oxygen atoms in total. The molecule has 5 aromatic rings. The Morgan fingerprint density at radius 2 is 1.14 bits per heavy atom. The van der Waals surface area contributed by atoms with Gasteiger partial charge in [0.15, 0.2) is 5.76 Å². The van der Waals surface area contributed by atoms with Crippen LogP contribution in [0.15, 0.2) is 114 Å². The van der Waals surface area contributed by atoms with Crippen LogP contribution in [0, 0.1) is 0 Å². The standard InChI is InChI=1S/C24H18N4O/c1-4-11-19(12-5-1)24(20-13-6-2-7-14-20,21-15-8-3-9-16-21)28-23(25-26-27-28)22-17-10-18-29-22/h1-18H. The lowest BCUT2D eigenvalue weighted by Gasteiger charge is -2.36. The molecule has 3 aromatic carbocycles. The van der Waals surface area contributed by atoms with E-state index in [2.05, 4.69) is 51.9 Å². The molecular weight excluding hydrogens is 360 g/mol. The number of rotatable bonds is 5. The molecule has 0 saturated carbocycles. The fourth-order valence-corrected chi connectivity index (χ4v) is 3.88. The molecule has 0 N–H and O–H groups in total. The first-order chi connectivity index (χ1) is 14.4. The Bertz CT molecular complexity index is 1090. The third-order valence-electron chi connectivity index (χ3n) is 5.10. The van der Waals surface area contributed by atoms with Gasteiger partial charge < -0.3 is 4.42 Å². The summed E-state index contributed by atoms with van der Waals surface area (Å²) >= 11 is 0. The number of tetrazole rings is 1. The van der Waals surface area contributed by atoms with Gasteiger partial charge in [-0.05, 0) is 39.2 Å². The van der Waals surface area contributed by atoms with E-state index in [4.69, 9.17) is 4.42 Å². The molecule has 0 atom stereocenters. The second-order valence-electron chi connectivity index (χ2n) is 6.70. The van der Waals surface area contributed by atoms with Gasteiger partial charge in [0, 0.05) is 0 Å². The molecule has 0 aliphatic rings. The molecule has 0 saturated heterocycles. The second-order valence-corrected chi connectivity index (χ2v) is 6.70. The smallest absolute Gasteiger partial charge is 0.219 e. The van der Waals surface area contributed by atoms with E-state index in [1.807, 2.05) is 71.4 Å². The Balaban J connectivity index is 1.92. The third kappa shape index (κ3) is 2.75. The van der Waals surface area contributed by atoms with Crippen molar-refractivity contribution in [2.45, 2.75) is 5.54 Å². The highest BCUT2D eigenvalue weighted by molar-refractivity contribution is 5.55. The summed E-state index contributed by atoms with van der Waals surface area (Å²) in [5.41, 5.74) is 2.39. The molecule has 2 aromatic heterocycles. The largest absolute Gasteiger partial charge is 0.461 e. The van der Waals surface area contributed by atoms with E-state index < -0.39 is 5.54 Å². The molecule has 0 unspecified atom stereocenters. The van der Waals surface area contributed by atoms with Crippen LogP contribution in [-0.2, 0) is 5.54 Å². The number of hydrogen-bond donors (Lipinski definition) is 0. The maximum atomic E-state index is 5.66. The summed E-state index contributed by atoms with van der Waals surface area (Å²) < 4.78 is 7.51. The molecule has 2 heterocycles. The first-order valence-electron chi connectivity index (χ1n) is 9.40. The van der Waals surface area contributed by atoms with Crippen molar-refractivity contribution < 1.29 is 4.42 Å². The number of hydrogen-bond acceptors (Lipinski definition) is 4. The van der Waals surface area contributed by atoms with Crippen LogP contribution in [0.3, 0.4) is 0 Å². The van der Waals surface area contributed by atoms with Crippen LogP contribution < -0.4 is 0 Å². The van der Waals surface area contributed by atoms with Gasteiger partial charge in [0.05, 0.1) is 6.26 Å². The Labute approximate surface area is 168 Å². The van der Waals surface area contributed by atoms with Crippen molar-refractivity contribution in [3.05, 3.63) is 126 Å². The minimum Gasteiger partial charge on any atom is -0.461 e. The van der Waals surface area contributed by atoms with Gasteiger partial charge in [-0.15, -0.1) is 5.10 Å². The fourth-order valence-electron chi connectivity index (χ4n) is 3.88. The third-order valence-corrected chi connectivity index (χ3v) is 5.10. The predicted molar refractivity (Wildman–Crippen MR) is 110 cm³/mol. The van der Waals surface area contributed by atoms with Gasteiger partial charge in [0.2, 0.25) is 5.82 Å².